The molecule has 0 radical (unpaired) electrons. The summed E-state index contributed by atoms with van der Waals surface area (Å²) in [5.41, 5.74) is 1.11. The zero-order valence-corrected chi connectivity index (χ0v) is 12.7. The fourth-order valence-corrected chi connectivity index (χ4v) is 3.37. The van der Waals surface area contributed by atoms with Crippen molar-refractivity contribution in [2.24, 2.45) is 0 Å². The second-order valence-corrected chi connectivity index (χ2v) is 5.82. The highest BCUT2D eigenvalue weighted by atomic mass is 16.3. The van der Waals surface area contributed by atoms with Crippen molar-refractivity contribution in [3.8, 4) is 17.1 Å². The van der Waals surface area contributed by atoms with Crippen LogP contribution in [0.25, 0.3) is 11.4 Å². The first-order chi connectivity index (χ1) is 10.7. The maximum Gasteiger partial charge on any atom is 0.230 e. The lowest BCUT2D eigenvalue weighted by molar-refractivity contribution is -0.126. The van der Waals surface area contributed by atoms with Gasteiger partial charge >= 0.3 is 0 Å². The minimum atomic E-state index is -0.614. The molecule has 2 heterocycles. The highest BCUT2D eigenvalue weighted by molar-refractivity contribution is 5.90. The zero-order chi connectivity index (χ0) is 15.6. The molecular weight excluding hydrogens is 278 g/mol. The van der Waals surface area contributed by atoms with Crippen molar-refractivity contribution in [2.45, 2.75) is 38.0 Å². The number of H-pyrrole nitrogens is 1. The Balaban J connectivity index is 2.19. The van der Waals surface area contributed by atoms with E-state index >= 15 is 0 Å². The van der Waals surface area contributed by atoms with Crippen molar-refractivity contribution >= 4 is 5.91 Å². The molecule has 116 valence electrons. The number of nitrogens with one attached hydrogen (secondary N) is 2. The molecule has 3 rings (SSSR count). The number of benzene rings is 1. The van der Waals surface area contributed by atoms with Crippen LogP contribution in [0.3, 0.4) is 0 Å². The Kier molecular flexibility index (Phi) is 3.88. The summed E-state index contributed by atoms with van der Waals surface area (Å²) >= 11 is 0. The molecule has 1 fully saturated rings. The third kappa shape index (κ3) is 2.36. The van der Waals surface area contributed by atoms with Crippen molar-refractivity contribution in [3.05, 3.63) is 36.2 Å². The normalized spacial score (nSPS) is 22.1. The summed E-state index contributed by atoms with van der Waals surface area (Å²) in [6.45, 7) is 2.75. The van der Waals surface area contributed by atoms with Crippen LogP contribution in [0, 0.1) is 0 Å². The summed E-state index contributed by atoms with van der Waals surface area (Å²) in [4.78, 5) is 20.2. The van der Waals surface area contributed by atoms with Crippen LogP contribution in [0.2, 0.25) is 0 Å². The number of phenolic OH excluding ortho intramolecular Hbond substituents is 1. The third-order valence-corrected chi connectivity index (χ3v) is 4.63. The van der Waals surface area contributed by atoms with E-state index in [0.29, 0.717) is 6.42 Å². The Morgan fingerprint density at radius 3 is 2.95 bits per heavy atom. The number of aromatic hydroxyl groups is 1. The summed E-state index contributed by atoms with van der Waals surface area (Å²) in [5, 5.41) is 13.0. The molecular formula is C17H21N3O2. The van der Waals surface area contributed by atoms with Crippen molar-refractivity contribution in [1.29, 1.82) is 0 Å². The number of aromatic amines is 1. The largest absolute Gasteiger partial charge is 0.508 e. The maximum absolute atomic E-state index is 12.8. The van der Waals surface area contributed by atoms with E-state index in [1.807, 2.05) is 13.0 Å². The minimum Gasteiger partial charge on any atom is -0.508 e. The Bertz CT molecular complexity index is 667. The van der Waals surface area contributed by atoms with Crippen LogP contribution in [0.4, 0.5) is 0 Å². The van der Waals surface area contributed by atoms with Gasteiger partial charge in [0.2, 0.25) is 5.91 Å². The van der Waals surface area contributed by atoms with Gasteiger partial charge in [0, 0.05) is 24.5 Å². The van der Waals surface area contributed by atoms with Crippen LogP contribution in [-0.4, -0.2) is 27.5 Å². The molecule has 0 aliphatic carbocycles. The highest BCUT2D eigenvalue weighted by Crippen LogP contribution is 2.41. The molecule has 1 amide bonds. The SMILES string of the molecule is CCC1(c2cc(O)ccc2-c2ncc[nH]2)CCCCNC1=O. The molecule has 1 atom stereocenters. The summed E-state index contributed by atoms with van der Waals surface area (Å²) < 4.78 is 0. The van der Waals surface area contributed by atoms with E-state index in [1.54, 1.807) is 24.5 Å². The van der Waals surface area contributed by atoms with Crippen LogP contribution >= 0.6 is 0 Å². The molecule has 2 aromatic rings. The maximum atomic E-state index is 12.8. The van der Waals surface area contributed by atoms with Gasteiger partial charge in [-0.05, 0) is 43.0 Å². The predicted molar refractivity (Wildman–Crippen MR) is 84.5 cm³/mol. The van der Waals surface area contributed by atoms with Crippen LogP contribution in [0.1, 0.15) is 38.2 Å². The molecule has 0 saturated carbocycles. The van der Waals surface area contributed by atoms with E-state index in [4.69, 9.17) is 0 Å². The van der Waals surface area contributed by atoms with Gasteiger partial charge in [0.25, 0.3) is 0 Å². The van der Waals surface area contributed by atoms with Crippen LogP contribution < -0.4 is 5.32 Å². The van der Waals surface area contributed by atoms with Gasteiger partial charge in [-0.15, -0.1) is 0 Å². The van der Waals surface area contributed by atoms with Crippen LogP contribution in [-0.2, 0) is 10.2 Å². The van der Waals surface area contributed by atoms with E-state index < -0.39 is 5.41 Å². The van der Waals surface area contributed by atoms with E-state index in [9.17, 15) is 9.90 Å². The number of imidazole rings is 1. The van der Waals surface area contributed by atoms with Gasteiger partial charge in [-0.3, -0.25) is 4.79 Å². The van der Waals surface area contributed by atoms with Gasteiger partial charge in [-0.2, -0.15) is 0 Å². The van der Waals surface area contributed by atoms with Crippen molar-refractivity contribution in [3.63, 3.8) is 0 Å². The van der Waals surface area contributed by atoms with Gasteiger partial charge in [-0.1, -0.05) is 13.3 Å². The number of hydrogen-bond donors (Lipinski definition) is 3. The lowest BCUT2D eigenvalue weighted by Gasteiger charge is -2.32. The van der Waals surface area contributed by atoms with Gasteiger partial charge in [0.1, 0.15) is 11.6 Å². The molecule has 0 spiro atoms. The average Bonchev–Trinajstić information content (AvgIpc) is 2.98. The van der Waals surface area contributed by atoms with Gasteiger partial charge in [0.05, 0.1) is 5.41 Å². The molecule has 1 aromatic heterocycles. The highest BCUT2D eigenvalue weighted by Gasteiger charge is 2.41. The Labute approximate surface area is 129 Å². The predicted octanol–water partition coefficient (Wildman–Crippen LogP) is 2.73. The number of amides is 1. The summed E-state index contributed by atoms with van der Waals surface area (Å²) in [5.74, 6) is 0.945. The fourth-order valence-electron chi connectivity index (χ4n) is 3.37. The molecule has 22 heavy (non-hydrogen) atoms. The average molecular weight is 299 g/mol. The molecule has 1 aliphatic rings. The standard InChI is InChI=1S/C17H21N3O2/c1-2-17(7-3-4-8-20-16(17)22)14-11-12(21)5-6-13(14)15-18-9-10-19-15/h5-6,9-11,21H,2-4,7-8H2,1H3,(H,18,19)(H,20,22). The van der Waals surface area contributed by atoms with E-state index in [0.717, 1.165) is 42.8 Å². The number of nitrogens with zero attached hydrogens (tertiary/aromatic N) is 1. The number of aromatic nitrogens is 2. The second kappa shape index (κ2) is 5.83. The lowest BCUT2D eigenvalue weighted by atomic mass is 9.72. The minimum absolute atomic E-state index is 0.0471. The second-order valence-electron chi connectivity index (χ2n) is 5.82. The topological polar surface area (TPSA) is 78.0 Å². The summed E-state index contributed by atoms with van der Waals surface area (Å²) in [6.07, 6.45) is 6.90. The molecule has 1 aromatic carbocycles. The number of carbonyl (C=O) groups excluding carboxylic acids is 1. The zero-order valence-electron chi connectivity index (χ0n) is 12.7. The van der Waals surface area contributed by atoms with Crippen molar-refractivity contribution in [1.82, 2.24) is 15.3 Å². The quantitative estimate of drug-likeness (QED) is 0.815. The smallest absolute Gasteiger partial charge is 0.230 e. The first-order valence-electron chi connectivity index (χ1n) is 7.79. The summed E-state index contributed by atoms with van der Waals surface area (Å²) in [6, 6.07) is 5.19. The molecule has 0 bridgehead atoms. The number of carbonyl (C=O) groups is 1. The fraction of sp³-hybridized carbons (Fsp3) is 0.412. The van der Waals surface area contributed by atoms with Gasteiger partial charge < -0.3 is 15.4 Å². The molecule has 1 unspecified atom stereocenters. The molecule has 3 N–H and O–H groups in total. The number of hydrogen-bond acceptors (Lipinski definition) is 3. The van der Waals surface area contributed by atoms with Gasteiger partial charge in [-0.25, -0.2) is 4.98 Å². The Morgan fingerprint density at radius 2 is 2.23 bits per heavy atom. The molecule has 1 aliphatic heterocycles. The third-order valence-electron chi connectivity index (χ3n) is 4.63. The van der Waals surface area contributed by atoms with E-state index in [2.05, 4.69) is 15.3 Å². The van der Waals surface area contributed by atoms with Gasteiger partial charge in [0.15, 0.2) is 0 Å². The Hall–Kier alpha value is -2.30. The first-order valence-corrected chi connectivity index (χ1v) is 7.79. The summed E-state index contributed by atoms with van der Waals surface area (Å²) in [7, 11) is 0. The molecule has 5 nitrogen and oxygen atoms in total. The van der Waals surface area contributed by atoms with Crippen molar-refractivity contribution < 1.29 is 9.90 Å². The first kappa shape index (κ1) is 14.6. The lowest BCUT2D eigenvalue weighted by Crippen LogP contribution is -2.43. The number of phenols is 1. The van der Waals surface area contributed by atoms with E-state index in [-0.39, 0.29) is 11.7 Å². The monoisotopic (exact) mass is 299 g/mol. The Morgan fingerprint density at radius 1 is 1.36 bits per heavy atom. The molecule has 5 heteroatoms. The van der Waals surface area contributed by atoms with E-state index in [1.165, 1.54) is 0 Å². The number of rotatable bonds is 3. The van der Waals surface area contributed by atoms with Crippen molar-refractivity contribution in [2.75, 3.05) is 6.54 Å². The van der Waals surface area contributed by atoms with Crippen LogP contribution in [0.15, 0.2) is 30.6 Å². The molecule has 1 saturated heterocycles. The van der Waals surface area contributed by atoms with Crippen LogP contribution in [0.5, 0.6) is 5.75 Å².